The number of carbonyl (C=O) groups is 1. The Bertz CT molecular complexity index is 1070. The predicted molar refractivity (Wildman–Crippen MR) is 99.7 cm³/mol. The lowest BCUT2D eigenvalue weighted by molar-refractivity contribution is 0.0688. The lowest BCUT2D eigenvalue weighted by atomic mass is 10.0. The Labute approximate surface area is 151 Å². The second-order valence-corrected chi connectivity index (χ2v) is 7.99. The van der Waals surface area contributed by atoms with Crippen molar-refractivity contribution in [3.8, 4) is 11.1 Å². The summed E-state index contributed by atoms with van der Waals surface area (Å²) in [5, 5.41) is 10.5. The molecule has 0 aliphatic heterocycles. The minimum Gasteiger partial charge on any atom is -0.477 e. The molecule has 136 valence electrons. The fourth-order valence-electron chi connectivity index (χ4n) is 3.06. The zero-order valence-corrected chi connectivity index (χ0v) is 15.2. The number of carboxylic acids is 1. The van der Waals surface area contributed by atoms with Gasteiger partial charge in [-0.05, 0) is 48.9 Å². The maximum absolute atomic E-state index is 11.8. The van der Waals surface area contributed by atoms with Crippen LogP contribution in [0.5, 0.6) is 0 Å². The maximum atomic E-state index is 11.8. The van der Waals surface area contributed by atoms with Crippen LogP contribution < -0.4 is 4.72 Å². The molecular weight excluding hydrogens is 354 g/mol. The van der Waals surface area contributed by atoms with Gasteiger partial charge in [0.1, 0.15) is 5.69 Å². The van der Waals surface area contributed by atoms with Gasteiger partial charge in [-0.15, -0.1) is 0 Å². The van der Waals surface area contributed by atoms with Gasteiger partial charge in [0.25, 0.3) is 0 Å². The number of aromatic carboxylic acids is 1. The van der Waals surface area contributed by atoms with E-state index in [-0.39, 0.29) is 11.4 Å². The maximum Gasteiger partial charge on any atom is 0.353 e. The SMILES string of the molecule is CNS(=O)(=O)CCc1ccc2c(c1)c(-c1ccncc1)c(C(=O)O)n2C. The average molecular weight is 373 g/mol. The lowest BCUT2D eigenvalue weighted by Crippen LogP contribution is -2.23. The molecule has 8 heteroatoms. The quantitative estimate of drug-likeness (QED) is 0.688. The third-order valence-corrected chi connectivity index (χ3v) is 5.77. The minimum atomic E-state index is -3.31. The molecule has 26 heavy (non-hydrogen) atoms. The summed E-state index contributed by atoms with van der Waals surface area (Å²) in [6.45, 7) is 0. The molecular formula is C18H19N3O4S. The Kier molecular flexibility index (Phi) is 4.80. The molecule has 0 radical (unpaired) electrons. The van der Waals surface area contributed by atoms with Crippen molar-refractivity contribution in [1.29, 1.82) is 0 Å². The second-order valence-electron chi connectivity index (χ2n) is 5.95. The van der Waals surface area contributed by atoms with Gasteiger partial charge in [0.05, 0.1) is 5.75 Å². The van der Waals surface area contributed by atoms with Gasteiger partial charge in [0.2, 0.25) is 10.0 Å². The standard InChI is InChI=1S/C18H19N3O4S/c1-19-26(24,25)10-7-12-3-4-15-14(11-12)16(13-5-8-20-9-6-13)17(18(22)23)21(15)2/h3-6,8-9,11,19H,7,10H2,1-2H3,(H,22,23). The molecule has 2 N–H and O–H groups in total. The number of hydrogen-bond acceptors (Lipinski definition) is 4. The number of aromatic nitrogens is 2. The molecule has 2 heterocycles. The molecule has 7 nitrogen and oxygen atoms in total. The number of aryl methyl sites for hydroxylation is 2. The van der Waals surface area contributed by atoms with E-state index >= 15 is 0 Å². The second kappa shape index (κ2) is 6.89. The van der Waals surface area contributed by atoms with Gasteiger partial charge in [-0.2, -0.15) is 0 Å². The van der Waals surface area contributed by atoms with Crippen LogP contribution in [-0.2, 0) is 23.5 Å². The first-order valence-corrected chi connectivity index (χ1v) is 9.65. The fourth-order valence-corrected chi connectivity index (χ4v) is 3.77. The van der Waals surface area contributed by atoms with Crippen LogP contribution in [0.4, 0.5) is 0 Å². The summed E-state index contributed by atoms with van der Waals surface area (Å²) in [7, 11) is -0.212. The van der Waals surface area contributed by atoms with E-state index in [1.807, 2.05) is 18.2 Å². The number of rotatable bonds is 6. The predicted octanol–water partition coefficient (Wildman–Crippen LogP) is 2.03. The van der Waals surface area contributed by atoms with E-state index in [1.165, 1.54) is 7.05 Å². The number of sulfonamides is 1. The highest BCUT2D eigenvalue weighted by molar-refractivity contribution is 7.89. The molecule has 0 aliphatic rings. The Morgan fingerprint density at radius 1 is 1.23 bits per heavy atom. The largest absolute Gasteiger partial charge is 0.477 e. The van der Waals surface area contributed by atoms with E-state index in [2.05, 4.69) is 9.71 Å². The molecule has 0 spiro atoms. The number of nitrogens with zero attached hydrogens (tertiary/aromatic N) is 2. The van der Waals surface area contributed by atoms with Crippen LogP contribution in [0.1, 0.15) is 16.1 Å². The van der Waals surface area contributed by atoms with Crippen LogP contribution in [0.15, 0.2) is 42.7 Å². The molecule has 0 amide bonds. The van der Waals surface area contributed by atoms with Crippen LogP contribution in [0.25, 0.3) is 22.0 Å². The number of fused-ring (bicyclic) bond motifs is 1. The molecule has 1 aromatic carbocycles. The summed E-state index contributed by atoms with van der Waals surface area (Å²) >= 11 is 0. The van der Waals surface area contributed by atoms with Crippen molar-refractivity contribution in [3.05, 3.63) is 54.0 Å². The van der Waals surface area contributed by atoms with E-state index in [9.17, 15) is 18.3 Å². The highest BCUT2D eigenvalue weighted by Gasteiger charge is 2.22. The highest BCUT2D eigenvalue weighted by Crippen LogP contribution is 2.35. The first-order valence-electron chi connectivity index (χ1n) is 8.00. The van der Waals surface area contributed by atoms with Crippen molar-refractivity contribution >= 4 is 26.9 Å². The van der Waals surface area contributed by atoms with E-state index in [1.54, 1.807) is 36.1 Å². The van der Waals surface area contributed by atoms with Gasteiger partial charge >= 0.3 is 5.97 Å². The van der Waals surface area contributed by atoms with Crippen LogP contribution in [0.2, 0.25) is 0 Å². The molecule has 0 aliphatic carbocycles. The van der Waals surface area contributed by atoms with E-state index in [0.717, 1.165) is 22.0 Å². The first kappa shape index (κ1) is 18.1. The van der Waals surface area contributed by atoms with Crippen LogP contribution >= 0.6 is 0 Å². The average Bonchev–Trinajstić information content (AvgIpc) is 2.93. The van der Waals surface area contributed by atoms with Crippen LogP contribution in [-0.4, -0.2) is 41.8 Å². The summed E-state index contributed by atoms with van der Waals surface area (Å²) < 4.78 is 27.3. The van der Waals surface area contributed by atoms with Gasteiger partial charge in [-0.25, -0.2) is 17.9 Å². The molecule has 0 bridgehead atoms. The minimum absolute atomic E-state index is 0.0295. The molecule has 3 rings (SSSR count). The molecule has 3 aromatic rings. The number of nitrogens with one attached hydrogen (secondary N) is 1. The Morgan fingerprint density at radius 2 is 1.92 bits per heavy atom. The zero-order valence-electron chi connectivity index (χ0n) is 14.4. The molecule has 2 aromatic heterocycles. The summed E-state index contributed by atoms with van der Waals surface area (Å²) in [6, 6.07) is 9.05. The normalized spacial score (nSPS) is 11.8. The van der Waals surface area contributed by atoms with E-state index < -0.39 is 16.0 Å². The van der Waals surface area contributed by atoms with Crippen LogP contribution in [0.3, 0.4) is 0 Å². The van der Waals surface area contributed by atoms with Gasteiger partial charge in [0, 0.05) is 35.9 Å². The zero-order chi connectivity index (χ0) is 18.9. The van der Waals surface area contributed by atoms with Gasteiger partial charge in [-0.3, -0.25) is 4.98 Å². The number of pyridine rings is 1. The van der Waals surface area contributed by atoms with Crippen molar-refractivity contribution in [2.75, 3.05) is 12.8 Å². The van der Waals surface area contributed by atoms with Gasteiger partial charge in [0.15, 0.2) is 0 Å². The highest BCUT2D eigenvalue weighted by atomic mass is 32.2. The molecule has 0 saturated carbocycles. The Balaban J connectivity index is 2.18. The van der Waals surface area contributed by atoms with Crippen molar-refractivity contribution in [2.45, 2.75) is 6.42 Å². The third kappa shape index (κ3) is 3.33. The Morgan fingerprint density at radius 3 is 2.54 bits per heavy atom. The summed E-state index contributed by atoms with van der Waals surface area (Å²) in [5.74, 6) is -1.05. The molecule has 0 fully saturated rings. The van der Waals surface area contributed by atoms with E-state index in [4.69, 9.17) is 0 Å². The number of carboxylic acid groups (broad SMARTS) is 1. The fraction of sp³-hybridized carbons (Fsp3) is 0.222. The monoisotopic (exact) mass is 373 g/mol. The molecule has 0 unspecified atom stereocenters. The molecule has 0 atom stereocenters. The lowest BCUT2D eigenvalue weighted by Gasteiger charge is -2.05. The number of benzene rings is 1. The van der Waals surface area contributed by atoms with Crippen molar-refractivity contribution in [2.24, 2.45) is 7.05 Å². The van der Waals surface area contributed by atoms with Crippen molar-refractivity contribution < 1.29 is 18.3 Å². The molecule has 0 saturated heterocycles. The van der Waals surface area contributed by atoms with E-state index in [0.29, 0.717) is 12.0 Å². The first-order chi connectivity index (χ1) is 12.3. The van der Waals surface area contributed by atoms with Gasteiger partial charge < -0.3 is 9.67 Å². The third-order valence-electron chi connectivity index (χ3n) is 4.41. The van der Waals surface area contributed by atoms with Crippen molar-refractivity contribution in [1.82, 2.24) is 14.3 Å². The summed E-state index contributed by atoms with van der Waals surface area (Å²) in [5.41, 5.74) is 3.15. The Hall–Kier alpha value is -2.71. The summed E-state index contributed by atoms with van der Waals surface area (Å²) in [4.78, 5) is 15.8. The number of hydrogen-bond donors (Lipinski definition) is 2. The van der Waals surface area contributed by atoms with Gasteiger partial charge in [-0.1, -0.05) is 6.07 Å². The van der Waals surface area contributed by atoms with Crippen LogP contribution in [0, 0.1) is 0 Å². The topological polar surface area (TPSA) is 101 Å². The summed E-state index contributed by atoms with van der Waals surface area (Å²) in [6.07, 6.45) is 3.57. The van der Waals surface area contributed by atoms with Crippen molar-refractivity contribution in [3.63, 3.8) is 0 Å². The smallest absolute Gasteiger partial charge is 0.353 e.